The lowest BCUT2D eigenvalue weighted by molar-refractivity contribution is 0.415. The van der Waals surface area contributed by atoms with Crippen molar-refractivity contribution in [3.05, 3.63) is 562 Å². The first-order valence-corrected chi connectivity index (χ1v) is 48.8. The second-order valence-corrected chi connectivity index (χ2v) is 36.5. The minimum absolute atomic E-state index is 0. The van der Waals surface area contributed by atoms with Crippen molar-refractivity contribution < 1.29 is 13.5 Å². The van der Waals surface area contributed by atoms with E-state index in [0.717, 1.165) is 136 Å². The summed E-state index contributed by atoms with van der Waals surface area (Å²) in [6, 6.07) is 187. The van der Waals surface area contributed by atoms with Gasteiger partial charge in [-0.1, -0.05) is 324 Å². The third-order valence-corrected chi connectivity index (χ3v) is 27.8. The Labute approximate surface area is 855 Å². The Balaban J connectivity index is 0.000000125. The van der Waals surface area contributed by atoms with E-state index in [1.807, 2.05) is 102 Å². The highest BCUT2D eigenvalue weighted by Gasteiger charge is 2.26. The summed E-state index contributed by atoms with van der Waals surface area (Å²) < 4.78 is 41.3. The number of rotatable bonds is 19. The molecule has 704 valence electrons. The Morgan fingerprint density at radius 2 is 0.483 bits per heavy atom. The fraction of sp³-hybridized carbons (Fsp3) is 0.0292. The maximum Gasteiger partial charge on any atom is 0.128 e. The van der Waals surface area contributed by atoms with Gasteiger partial charge in [0, 0.05) is 101 Å². The van der Waals surface area contributed by atoms with Gasteiger partial charge in [-0.25, -0.2) is 8.78 Å². The standard InChI is InChI=1S/C50H33N3.C43H32N2O.C42H28F2N2.2CH4/c51-33-34-14-16-35(17-15-34)36-18-23-42(24-19-36)52(44-27-28-46-40(31-44)30-39-8-4-5-11-45(39)46)43-25-20-37(21-26-43)38-22-29-50-48(32-38)47-12-6-7-13-49(47)53(50)41-9-2-1-3-10-41;1-46-39-27-20-34(21-28-39)33-18-24-37(25-19-33)44(36-22-16-32(17-23-36)31-10-4-2-5-11-31)38-26-29-43-41(30-38)40-14-8-9-15-42(40)45(43)35-12-6-3-7-13-35;43-33-26-34(44)28-38(27-33)45(36-20-15-30(16-21-36)29-9-3-1-4-10-29)37-22-17-31(18-23-37)32-19-24-42-40(25-32)39-13-7-8-14-41(39)46(42)35-11-5-2-6-12-35;;/h1-29,31-32H,30H2;2-30H,1H3;1-28H;2*1H4. The summed E-state index contributed by atoms with van der Waals surface area (Å²) in [5, 5.41) is 16.6. The van der Waals surface area contributed by atoms with Crippen molar-refractivity contribution in [3.63, 3.8) is 0 Å². The highest BCUT2D eigenvalue weighted by molar-refractivity contribution is 6.13. The molecule has 26 rings (SSSR count). The van der Waals surface area contributed by atoms with Crippen LogP contribution in [0.4, 0.5) is 60.0 Å². The zero-order valence-electron chi connectivity index (χ0n) is 79.3. The minimum atomic E-state index is -0.625. The highest BCUT2D eigenvalue weighted by atomic mass is 19.1. The van der Waals surface area contributed by atoms with E-state index >= 15 is 0 Å². The predicted molar refractivity (Wildman–Crippen MR) is 612 cm³/mol. The summed E-state index contributed by atoms with van der Waals surface area (Å²) in [4.78, 5) is 6.58. The molecule has 3 aromatic heterocycles. The van der Waals surface area contributed by atoms with Crippen molar-refractivity contribution >= 4 is 117 Å². The van der Waals surface area contributed by atoms with Gasteiger partial charge in [-0.05, 0) is 314 Å². The van der Waals surface area contributed by atoms with Gasteiger partial charge in [0.15, 0.2) is 0 Å². The summed E-state index contributed by atoms with van der Waals surface area (Å²) in [6.07, 6.45) is 0.937. The number of nitriles is 1. The Morgan fingerprint density at radius 3 is 0.857 bits per heavy atom. The lowest BCUT2D eigenvalue weighted by Crippen LogP contribution is -2.10. The van der Waals surface area contributed by atoms with Crippen molar-refractivity contribution in [2.75, 3.05) is 21.8 Å². The molecule has 0 bridgehead atoms. The van der Waals surface area contributed by atoms with Crippen molar-refractivity contribution in [1.82, 2.24) is 13.7 Å². The third kappa shape index (κ3) is 18.3. The molecular weight excluding hydrogens is 1800 g/mol. The van der Waals surface area contributed by atoms with Gasteiger partial charge in [-0.15, -0.1) is 0 Å². The molecule has 10 heteroatoms. The Hall–Kier alpha value is -19.2. The molecule has 0 unspecified atom stereocenters. The lowest BCUT2D eigenvalue weighted by atomic mass is 10.0. The molecule has 0 saturated heterocycles. The summed E-state index contributed by atoms with van der Waals surface area (Å²) in [6.45, 7) is 0. The average molecular weight is 1900 g/mol. The summed E-state index contributed by atoms with van der Waals surface area (Å²) in [5.74, 6) is -0.393. The molecular formula is C137H101F2N7O. The molecule has 1 aliphatic carbocycles. The van der Waals surface area contributed by atoms with Crippen LogP contribution < -0.4 is 19.4 Å². The van der Waals surface area contributed by atoms with Gasteiger partial charge in [0.1, 0.15) is 17.4 Å². The number of fused-ring (bicyclic) bond motifs is 12. The molecule has 0 fully saturated rings. The Bertz CT molecular complexity index is 9070. The first-order valence-electron chi connectivity index (χ1n) is 48.8. The van der Waals surface area contributed by atoms with Gasteiger partial charge >= 0.3 is 0 Å². The number of anilines is 9. The largest absolute Gasteiger partial charge is 0.497 e. The van der Waals surface area contributed by atoms with E-state index in [1.165, 1.54) is 111 Å². The van der Waals surface area contributed by atoms with Crippen LogP contribution in [-0.2, 0) is 6.42 Å². The topological polar surface area (TPSA) is 57.5 Å². The molecule has 1 aliphatic rings. The molecule has 22 aromatic carbocycles. The summed E-state index contributed by atoms with van der Waals surface area (Å²) >= 11 is 0. The van der Waals surface area contributed by atoms with Crippen LogP contribution in [0.2, 0.25) is 0 Å². The van der Waals surface area contributed by atoms with Crippen LogP contribution in [0.3, 0.4) is 0 Å². The minimum Gasteiger partial charge on any atom is -0.497 e. The number of aromatic nitrogens is 3. The average Bonchev–Trinajstić information content (AvgIpc) is 1.59. The maximum atomic E-state index is 14.5. The van der Waals surface area contributed by atoms with Crippen molar-refractivity contribution in [2.24, 2.45) is 0 Å². The highest BCUT2D eigenvalue weighted by Crippen LogP contribution is 2.48. The lowest BCUT2D eigenvalue weighted by Gasteiger charge is -2.26. The van der Waals surface area contributed by atoms with E-state index in [2.05, 4.69) is 448 Å². The van der Waals surface area contributed by atoms with E-state index in [0.29, 0.717) is 11.3 Å². The maximum absolute atomic E-state index is 14.5. The fourth-order valence-corrected chi connectivity index (χ4v) is 20.9. The molecule has 147 heavy (non-hydrogen) atoms. The first kappa shape index (κ1) is 92.8. The molecule has 0 aliphatic heterocycles. The van der Waals surface area contributed by atoms with Crippen molar-refractivity contribution in [1.29, 1.82) is 5.26 Å². The van der Waals surface area contributed by atoms with Crippen molar-refractivity contribution in [2.45, 2.75) is 21.3 Å². The Kier molecular flexibility index (Phi) is 25.7. The van der Waals surface area contributed by atoms with Crippen molar-refractivity contribution in [3.8, 4) is 107 Å². The number of ether oxygens (including phenoxy) is 1. The van der Waals surface area contributed by atoms with Gasteiger partial charge in [0.2, 0.25) is 0 Å². The SMILES string of the molecule is C.C.COc1ccc(-c2ccc(N(c3ccc(-c4ccccc4)cc3)c3ccc4c(c3)c3ccccc3n4-c3ccccc3)cc2)cc1.Fc1cc(F)cc(N(c2ccc(-c3ccccc3)cc2)c2ccc(-c3ccc4c(c3)c3ccccc3n4-c3ccccc3)cc2)c1.N#Cc1ccc(-c2ccc(N(c3ccc(-c4ccc5c(c4)c4ccccc4n5-c4ccccc4)cc3)c3ccc4c(c3)Cc3ccccc3-4)cc2)cc1. The molecule has 0 radical (unpaired) electrons. The van der Waals surface area contributed by atoms with E-state index in [9.17, 15) is 14.0 Å². The van der Waals surface area contributed by atoms with Gasteiger partial charge < -0.3 is 33.1 Å². The fourth-order valence-electron chi connectivity index (χ4n) is 20.9. The molecule has 0 atom stereocenters. The van der Waals surface area contributed by atoms with E-state index in [1.54, 1.807) is 7.11 Å². The normalized spacial score (nSPS) is 11.2. The van der Waals surface area contributed by atoms with Gasteiger partial charge in [0.25, 0.3) is 0 Å². The number of hydrogen-bond donors (Lipinski definition) is 0. The van der Waals surface area contributed by atoms with Crippen LogP contribution in [0.15, 0.2) is 534 Å². The molecule has 0 N–H and O–H groups in total. The van der Waals surface area contributed by atoms with Gasteiger partial charge in [-0.3, -0.25) is 0 Å². The van der Waals surface area contributed by atoms with Gasteiger partial charge in [0.05, 0.1) is 57.5 Å². The van der Waals surface area contributed by atoms with E-state index in [-0.39, 0.29) is 14.9 Å². The quantitative estimate of drug-likeness (QED) is 0.0807. The third-order valence-electron chi connectivity index (χ3n) is 27.8. The van der Waals surface area contributed by atoms with Crippen LogP contribution in [0, 0.1) is 23.0 Å². The molecule has 3 heterocycles. The molecule has 0 amide bonds. The molecule has 8 nitrogen and oxygen atoms in total. The zero-order chi connectivity index (χ0) is 97.2. The second kappa shape index (κ2) is 40.8. The van der Waals surface area contributed by atoms with Crippen LogP contribution in [0.1, 0.15) is 31.5 Å². The van der Waals surface area contributed by atoms with Gasteiger partial charge in [-0.2, -0.15) is 5.26 Å². The Morgan fingerprint density at radius 1 is 0.218 bits per heavy atom. The van der Waals surface area contributed by atoms with Crippen LogP contribution >= 0.6 is 0 Å². The molecule has 0 spiro atoms. The number of methoxy groups -OCH3 is 1. The van der Waals surface area contributed by atoms with Crippen LogP contribution in [-0.4, -0.2) is 20.8 Å². The first-order chi connectivity index (χ1) is 71.6. The monoisotopic (exact) mass is 1900 g/mol. The zero-order valence-corrected chi connectivity index (χ0v) is 79.3. The van der Waals surface area contributed by atoms with E-state index < -0.39 is 11.6 Å². The smallest absolute Gasteiger partial charge is 0.128 e. The van der Waals surface area contributed by atoms with E-state index in [4.69, 9.17) is 4.74 Å². The second-order valence-electron chi connectivity index (χ2n) is 36.5. The summed E-state index contributed by atoms with van der Waals surface area (Å²) in [5.41, 5.74) is 38.8. The number of halogens is 2. The number of benzene rings is 22. The number of para-hydroxylation sites is 6. The number of hydrogen-bond acceptors (Lipinski definition) is 5. The summed E-state index contributed by atoms with van der Waals surface area (Å²) in [7, 11) is 1.70. The predicted octanol–water partition coefficient (Wildman–Crippen LogP) is 37.8. The molecule has 25 aromatic rings. The van der Waals surface area contributed by atoms with Crippen LogP contribution in [0.25, 0.3) is 160 Å². The number of nitrogens with zero attached hydrogens (tertiary/aromatic N) is 7. The van der Waals surface area contributed by atoms with Crippen LogP contribution in [0.5, 0.6) is 5.75 Å². The molecule has 0 saturated carbocycles.